The van der Waals surface area contributed by atoms with Crippen LogP contribution in [-0.4, -0.2) is 61.5 Å². The Bertz CT molecular complexity index is 541. The number of aryl methyl sites for hydroxylation is 1. The maximum atomic E-state index is 5.91. The van der Waals surface area contributed by atoms with E-state index in [0.717, 1.165) is 69.1 Å². The number of halogens is 1. The van der Waals surface area contributed by atoms with E-state index in [2.05, 4.69) is 64.0 Å². The Morgan fingerprint density at radius 1 is 1.48 bits per heavy atom. The fourth-order valence-corrected chi connectivity index (χ4v) is 3.42. The largest absolute Gasteiger partial charge is 0.381 e. The molecule has 0 aliphatic carbocycles. The van der Waals surface area contributed by atoms with Gasteiger partial charge in [0.05, 0.1) is 12.6 Å². The summed E-state index contributed by atoms with van der Waals surface area (Å²) in [5, 5.41) is 3.37. The van der Waals surface area contributed by atoms with E-state index in [1.807, 2.05) is 0 Å². The van der Waals surface area contributed by atoms with Crippen LogP contribution < -0.4 is 5.32 Å². The molecule has 1 N–H and O–H groups in total. The quantitative estimate of drug-likeness (QED) is 0.403. The van der Waals surface area contributed by atoms with Crippen molar-refractivity contribution in [1.82, 2.24) is 14.8 Å². The van der Waals surface area contributed by atoms with Gasteiger partial charge < -0.3 is 24.3 Å². The number of guanidine groups is 1. The number of nitrogens with zero attached hydrogens (tertiary/aromatic N) is 3. The molecule has 0 aromatic carbocycles. The maximum Gasteiger partial charge on any atom is 0.194 e. The Morgan fingerprint density at radius 3 is 2.88 bits per heavy atom. The van der Waals surface area contributed by atoms with Crippen LogP contribution in [0.15, 0.2) is 21.7 Å². The molecule has 1 aromatic rings. The second-order valence-electron chi connectivity index (χ2n) is 6.39. The third-order valence-electron chi connectivity index (χ3n) is 4.26. The van der Waals surface area contributed by atoms with Crippen molar-refractivity contribution < 1.29 is 9.47 Å². The summed E-state index contributed by atoms with van der Waals surface area (Å²) in [6, 6.07) is 2.14. The number of rotatable bonds is 8. The van der Waals surface area contributed by atoms with Crippen LogP contribution in [0, 0.1) is 0 Å². The van der Waals surface area contributed by atoms with Crippen LogP contribution in [0.5, 0.6) is 0 Å². The molecule has 2 heterocycles. The number of ether oxygens (including phenoxy) is 2. The highest BCUT2D eigenvalue weighted by molar-refractivity contribution is 9.10. The van der Waals surface area contributed by atoms with Gasteiger partial charge in [-0.15, -0.1) is 0 Å². The molecular weight excluding hydrogens is 384 g/mol. The van der Waals surface area contributed by atoms with Gasteiger partial charge in [0.15, 0.2) is 5.96 Å². The van der Waals surface area contributed by atoms with Crippen molar-refractivity contribution in [3.63, 3.8) is 0 Å². The van der Waals surface area contributed by atoms with Crippen LogP contribution in [0.3, 0.4) is 0 Å². The normalized spacial score (nSPS) is 16.2. The van der Waals surface area contributed by atoms with Crippen LogP contribution in [-0.2, 0) is 23.1 Å². The summed E-state index contributed by atoms with van der Waals surface area (Å²) in [4.78, 5) is 6.89. The van der Waals surface area contributed by atoms with E-state index in [4.69, 9.17) is 14.5 Å². The Balaban J connectivity index is 1.77. The summed E-state index contributed by atoms with van der Waals surface area (Å²) in [6.45, 7) is 6.96. The first-order chi connectivity index (χ1) is 12.1. The smallest absolute Gasteiger partial charge is 0.194 e. The lowest BCUT2D eigenvalue weighted by molar-refractivity contribution is -0.0318. The van der Waals surface area contributed by atoms with Crippen LogP contribution >= 0.6 is 15.9 Å². The fourth-order valence-electron chi connectivity index (χ4n) is 2.85. The molecule has 1 aliphatic heterocycles. The van der Waals surface area contributed by atoms with Gasteiger partial charge in [0.1, 0.15) is 0 Å². The van der Waals surface area contributed by atoms with Crippen LogP contribution in [0.4, 0.5) is 0 Å². The van der Waals surface area contributed by atoms with Crippen molar-refractivity contribution >= 4 is 21.9 Å². The molecule has 142 valence electrons. The summed E-state index contributed by atoms with van der Waals surface area (Å²) in [7, 11) is 4.13. The molecule has 0 spiro atoms. The Morgan fingerprint density at radius 2 is 2.24 bits per heavy atom. The van der Waals surface area contributed by atoms with E-state index in [9.17, 15) is 0 Å². The Kier molecular flexibility index (Phi) is 8.78. The first-order valence-corrected chi connectivity index (χ1v) is 9.89. The molecule has 0 bridgehead atoms. The molecule has 7 heteroatoms. The highest BCUT2D eigenvalue weighted by Crippen LogP contribution is 2.15. The van der Waals surface area contributed by atoms with E-state index >= 15 is 0 Å². The van der Waals surface area contributed by atoms with E-state index < -0.39 is 0 Å². The van der Waals surface area contributed by atoms with Gasteiger partial charge in [-0.2, -0.15) is 0 Å². The lowest BCUT2D eigenvalue weighted by Gasteiger charge is -2.23. The number of hydrogen-bond donors (Lipinski definition) is 1. The van der Waals surface area contributed by atoms with Gasteiger partial charge in [0.25, 0.3) is 0 Å². The van der Waals surface area contributed by atoms with Gasteiger partial charge in [-0.3, -0.25) is 4.99 Å². The molecule has 0 atom stereocenters. The van der Waals surface area contributed by atoms with E-state index in [1.54, 1.807) is 0 Å². The van der Waals surface area contributed by atoms with Gasteiger partial charge in [0.2, 0.25) is 0 Å². The minimum absolute atomic E-state index is 0.365. The Hall–Kier alpha value is -1.05. The average molecular weight is 415 g/mol. The van der Waals surface area contributed by atoms with E-state index in [0.29, 0.717) is 6.10 Å². The standard InChI is InChI=1S/C18H31BrN4O2/c1-4-20-18(23(3)14-16-12-15(19)13-22(16)2)21-8-5-9-25-17-6-10-24-11-7-17/h12-13,17H,4-11,14H2,1-3H3,(H,20,21). The van der Waals surface area contributed by atoms with Crippen LogP contribution in [0.25, 0.3) is 0 Å². The molecule has 0 radical (unpaired) electrons. The SMILES string of the molecule is CCNC(=NCCCOC1CCOCC1)N(C)Cc1cc(Br)cn1C. The number of aliphatic imine (C=N–C) groups is 1. The predicted molar refractivity (Wildman–Crippen MR) is 105 cm³/mol. The molecule has 25 heavy (non-hydrogen) atoms. The molecule has 0 unspecified atom stereocenters. The Labute approximate surface area is 159 Å². The van der Waals surface area contributed by atoms with Crippen molar-refractivity contribution in [3.05, 3.63) is 22.4 Å². The van der Waals surface area contributed by atoms with Crippen LogP contribution in [0.1, 0.15) is 31.9 Å². The number of nitrogens with one attached hydrogen (secondary N) is 1. The van der Waals surface area contributed by atoms with Crippen molar-refractivity contribution in [1.29, 1.82) is 0 Å². The third kappa shape index (κ3) is 6.99. The van der Waals surface area contributed by atoms with E-state index in [1.165, 1.54) is 5.69 Å². The predicted octanol–water partition coefficient (Wildman–Crippen LogP) is 2.77. The van der Waals surface area contributed by atoms with Gasteiger partial charge in [-0.1, -0.05) is 0 Å². The lowest BCUT2D eigenvalue weighted by Crippen LogP contribution is -2.39. The minimum atomic E-state index is 0.365. The second-order valence-corrected chi connectivity index (χ2v) is 7.30. The first-order valence-electron chi connectivity index (χ1n) is 9.09. The van der Waals surface area contributed by atoms with Gasteiger partial charge in [0, 0.05) is 63.4 Å². The highest BCUT2D eigenvalue weighted by atomic mass is 79.9. The second kappa shape index (κ2) is 10.8. The fraction of sp³-hybridized carbons (Fsp3) is 0.722. The zero-order chi connectivity index (χ0) is 18.1. The van der Waals surface area contributed by atoms with E-state index in [-0.39, 0.29) is 0 Å². The van der Waals surface area contributed by atoms with Gasteiger partial charge in [-0.25, -0.2) is 0 Å². The van der Waals surface area contributed by atoms with Crippen molar-refractivity contribution in [2.24, 2.45) is 12.0 Å². The first kappa shape index (κ1) is 20.3. The zero-order valence-electron chi connectivity index (χ0n) is 15.6. The number of aromatic nitrogens is 1. The van der Waals surface area contributed by atoms with Crippen LogP contribution in [0.2, 0.25) is 0 Å². The van der Waals surface area contributed by atoms with Gasteiger partial charge >= 0.3 is 0 Å². The molecule has 6 nitrogen and oxygen atoms in total. The van der Waals surface area contributed by atoms with Gasteiger partial charge in [-0.05, 0) is 48.2 Å². The summed E-state index contributed by atoms with van der Waals surface area (Å²) < 4.78 is 14.5. The topological polar surface area (TPSA) is 51.0 Å². The zero-order valence-corrected chi connectivity index (χ0v) is 17.2. The molecular formula is C18H31BrN4O2. The summed E-state index contributed by atoms with van der Waals surface area (Å²) in [5.41, 5.74) is 1.24. The molecule has 1 aliphatic rings. The molecule has 1 saturated heterocycles. The van der Waals surface area contributed by atoms with Crippen molar-refractivity contribution in [2.45, 2.75) is 38.8 Å². The monoisotopic (exact) mass is 414 g/mol. The summed E-state index contributed by atoms with van der Waals surface area (Å²) in [5.74, 6) is 0.936. The molecule has 1 aromatic heterocycles. The van der Waals surface area contributed by atoms with Crippen molar-refractivity contribution in [2.75, 3.05) is 40.0 Å². The molecule has 1 fully saturated rings. The lowest BCUT2D eigenvalue weighted by atomic mass is 10.1. The maximum absolute atomic E-state index is 5.91. The minimum Gasteiger partial charge on any atom is -0.381 e. The molecule has 0 saturated carbocycles. The molecule has 0 amide bonds. The highest BCUT2D eigenvalue weighted by Gasteiger charge is 2.13. The summed E-state index contributed by atoms with van der Waals surface area (Å²) >= 11 is 3.53. The summed E-state index contributed by atoms with van der Waals surface area (Å²) in [6.07, 6.45) is 5.41. The molecule has 2 rings (SSSR count). The van der Waals surface area contributed by atoms with Crippen molar-refractivity contribution in [3.8, 4) is 0 Å². The average Bonchev–Trinajstić information content (AvgIpc) is 2.91. The third-order valence-corrected chi connectivity index (χ3v) is 4.69. The number of hydrogen-bond acceptors (Lipinski definition) is 3.